The van der Waals surface area contributed by atoms with Crippen molar-refractivity contribution < 1.29 is 5.11 Å². The van der Waals surface area contributed by atoms with Crippen LogP contribution in [-0.4, -0.2) is 17.0 Å². The van der Waals surface area contributed by atoms with Crippen LogP contribution < -0.4 is 0 Å². The van der Waals surface area contributed by atoms with Gasteiger partial charge < -0.3 is 5.11 Å². The largest absolute Gasteiger partial charge is 0.392 e. The fraction of sp³-hybridized carbons (Fsp3) is 0.556. The van der Waals surface area contributed by atoms with Gasteiger partial charge in [-0.1, -0.05) is 50.8 Å². The molecule has 1 N–H and O–H groups in total. The molecule has 1 nitrogen and oxygen atoms in total. The summed E-state index contributed by atoms with van der Waals surface area (Å²) in [6.45, 7) is 4.28. The van der Waals surface area contributed by atoms with Gasteiger partial charge >= 0.3 is 0 Å². The van der Waals surface area contributed by atoms with Gasteiger partial charge in [-0.3, -0.25) is 0 Å². The van der Waals surface area contributed by atoms with Gasteiger partial charge in [0, 0.05) is 17.1 Å². The number of rotatable bonds is 8. The molecule has 0 aliphatic heterocycles. The van der Waals surface area contributed by atoms with Gasteiger partial charge in [0.15, 0.2) is 0 Å². The molecule has 0 unspecified atom stereocenters. The van der Waals surface area contributed by atoms with E-state index < -0.39 is 0 Å². The standard InChI is InChI=1S/C18H26OS/c1-3-5-6-8-12-16(18(19)11-4-2)15-20-17-13-9-7-10-14-17/h7,9-10,13-14,16,18-19H,3-6,11,15H2,1-2H3/t16-,18-/m1/s1. The van der Waals surface area contributed by atoms with Gasteiger partial charge in [-0.2, -0.15) is 0 Å². The Balaban J connectivity index is 2.54. The van der Waals surface area contributed by atoms with Crippen LogP contribution in [0.4, 0.5) is 0 Å². The zero-order valence-corrected chi connectivity index (χ0v) is 13.5. The first kappa shape index (κ1) is 17.1. The first-order valence-electron chi connectivity index (χ1n) is 7.62. The van der Waals surface area contributed by atoms with E-state index in [1.54, 1.807) is 11.8 Å². The third-order valence-electron chi connectivity index (χ3n) is 3.16. The van der Waals surface area contributed by atoms with E-state index in [0.29, 0.717) is 0 Å². The predicted octanol–water partition coefficient (Wildman–Crippen LogP) is 4.75. The Bertz CT molecular complexity index is 404. The number of hydrogen-bond donors (Lipinski definition) is 1. The van der Waals surface area contributed by atoms with E-state index in [0.717, 1.165) is 31.4 Å². The molecular formula is C18H26OS. The summed E-state index contributed by atoms with van der Waals surface area (Å²) in [5, 5.41) is 10.2. The van der Waals surface area contributed by atoms with Crippen molar-refractivity contribution in [2.45, 2.75) is 57.0 Å². The molecule has 0 bridgehead atoms. The van der Waals surface area contributed by atoms with Gasteiger partial charge in [0.05, 0.1) is 12.0 Å². The normalized spacial score (nSPS) is 13.3. The summed E-state index contributed by atoms with van der Waals surface area (Å²) in [7, 11) is 0. The van der Waals surface area contributed by atoms with Crippen LogP contribution in [0.1, 0.15) is 46.0 Å². The molecule has 0 aliphatic carbocycles. The smallest absolute Gasteiger partial charge is 0.0685 e. The summed E-state index contributed by atoms with van der Waals surface area (Å²) in [6.07, 6.45) is 4.81. The maximum absolute atomic E-state index is 10.2. The second kappa shape index (κ2) is 10.8. The first-order valence-corrected chi connectivity index (χ1v) is 8.60. The van der Waals surface area contributed by atoms with Crippen molar-refractivity contribution in [2.75, 3.05) is 5.75 Å². The average molecular weight is 290 g/mol. The maximum Gasteiger partial charge on any atom is 0.0685 e. The van der Waals surface area contributed by atoms with Gasteiger partial charge in [0.2, 0.25) is 0 Å². The molecule has 0 saturated carbocycles. The molecule has 1 aromatic rings. The van der Waals surface area contributed by atoms with Crippen LogP contribution in [0.5, 0.6) is 0 Å². The molecule has 2 atom stereocenters. The van der Waals surface area contributed by atoms with E-state index in [1.165, 1.54) is 11.3 Å². The fourth-order valence-electron chi connectivity index (χ4n) is 1.92. The molecular weight excluding hydrogens is 264 g/mol. The number of unbranched alkanes of at least 4 members (excludes halogenated alkanes) is 2. The molecule has 20 heavy (non-hydrogen) atoms. The van der Waals surface area contributed by atoms with E-state index in [9.17, 15) is 5.11 Å². The molecule has 1 aromatic carbocycles. The van der Waals surface area contributed by atoms with Gasteiger partial charge in [-0.15, -0.1) is 17.7 Å². The van der Waals surface area contributed by atoms with Crippen molar-refractivity contribution in [3.05, 3.63) is 30.3 Å². The lowest BCUT2D eigenvalue weighted by atomic mass is 10.0. The fourth-order valence-corrected chi connectivity index (χ4v) is 2.94. The molecule has 0 saturated heterocycles. The van der Waals surface area contributed by atoms with Crippen molar-refractivity contribution in [1.82, 2.24) is 0 Å². The van der Waals surface area contributed by atoms with E-state index in [4.69, 9.17) is 0 Å². The molecule has 110 valence electrons. The summed E-state index contributed by atoms with van der Waals surface area (Å²) >= 11 is 1.78. The zero-order valence-electron chi connectivity index (χ0n) is 12.6. The zero-order chi connectivity index (χ0) is 14.6. The van der Waals surface area contributed by atoms with Crippen LogP contribution in [0, 0.1) is 17.8 Å². The highest BCUT2D eigenvalue weighted by Crippen LogP contribution is 2.23. The van der Waals surface area contributed by atoms with Gasteiger partial charge in [-0.25, -0.2) is 0 Å². The second-order valence-electron chi connectivity index (χ2n) is 5.01. The SMILES string of the molecule is CCCCC#C[C@H](CSc1ccccc1)[C@H](O)CCC. The van der Waals surface area contributed by atoms with Crippen LogP contribution in [0.3, 0.4) is 0 Å². The highest BCUT2D eigenvalue weighted by Gasteiger charge is 2.16. The molecule has 0 radical (unpaired) electrons. The Morgan fingerprint density at radius 3 is 2.55 bits per heavy atom. The summed E-state index contributed by atoms with van der Waals surface area (Å²) in [5.74, 6) is 7.47. The maximum atomic E-state index is 10.2. The monoisotopic (exact) mass is 290 g/mol. The third-order valence-corrected chi connectivity index (χ3v) is 4.30. The molecule has 1 rings (SSSR count). The van der Waals surface area contributed by atoms with Gasteiger partial charge in [0.25, 0.3) is 0 Å². The Labute approximate surface area is 128 Å². The first-order chi connectivity index (χ1) is 9.77. The number of thioether (sulfide) groups is 1. The van der Waals surface area contributed by atoms with E-state index in [1.807, 2.05) is 18.2 Å². The van der Waals surface area contributed by atoms with Crippen molar-refractivity contribution >= 4 is 11.8 Å². The average Bonchev–Trinajstić information content (AvgIpc) is 2.47. The number of aliphatic hydroxyl groups excluding tert-OH is 1. The highest BCUT2D eigenvalue weighted by atomic mass is 32.2. The minimum absolute atomic E-state index is 0.0806. The van der Waals surface area contributed by atoms with Gasteiger partial charge in [0.1, 0.15) is 0 Å². The lowest BCUT2D eigenvalue weighted by Crippen LogP contribution is -2.21. The van der Waals surface area contributed by atoms with Crippen LogP contribution in [0.25, 0.3) is 0 Å². The summed E-state index contributed by atoms with van der Waals surface area (Å²) in [6, 6.07) is 10.3. The van der Waals surface area contributed by atoms with Crippen molar-refractivity contribution in [1.29, 1.82) is 0 Å². The molecule has 0 heterocycles. The van der Waals surface area contributed by atoms with Gasteiger partial charge in [-0.05, 0) is 25.0 Å². The van der Waals surface area contributed by atoms with Crippen LogP contribution in [0.2, 0.25) is 0 Å². The van der Waals surface area contributed by atoms with Crippen molar-refractivity contribution in [3.8, 4) is 11.8 Å². The predicted molar refractivity (Wildman–Crippen MR) is 88.9 cm³/mol. The Kier molecular flexibility index (Phi) is 9.28. The van der Waals surface area contributed by atoms with Crippen molar-refractivity contribution in [2.24, 2.45) is 5.92 Å². The highest BCUT2D eigenvalue weighted by molar-refractivity contribution is 7.99. The second-order valence-corrected chi connectivity index (χ2v) is 6.10. The van der Waals surface area contributed by atoms with Crippen LogP contribution in [-0.2, 0) is 0 Å². The lowest BCUT2D eigenvalue weighted by molar-refractivity contribution is 0.133. The van der Waals surface area contributed by atoms with Crippen molar-refractivity contribution in [3.63, 3.8) is 0 Å². The molecule has 0 aliphatic rings. The van der Waals surface area contributed by atoms with E-state index in [2.05, 4.69) is 37.8 Å². The Morgan fingerprint density at radius 2 is 1.90 bits per heavy atom. The number of benzene rings is 1. The molecule has 0 aromatic heterocycles. The quantitative estimate of drug-likeness (QED) is 0.423. The molecule has 2 heteroatoms. The topological polar surface area (TPSA) is 20.2 Å². The molecule has 0 spiro atoms. The molecule has 0 amide bonds. The minimum Gasteiger partial charge on any atom is -0.392 e. The van der Waals surface area contributed by atoms with E-state index >= 15 is 0 Å². The Hall–Kier alpha value is -0.910. The molecule has 0 fully saturated rings. The third kappa shape index (κ3) is 7.03. The Morgan fingerprint density at radius 1 is 1.15 bits per heavy atom. The lowest BCUT2D eigenvalue weighted by Gasteiger charge is -2.17. The summed E-state index contributed by atoms with van der Waals surface area (Å²) in [5.41, 5.74) is 0. The summed E-state index contributed by atoms with van der Waals surface area (Å²) in [4.78, 5) is 1.25. The summed E-state index contributed by atoms with van der Waals surface area (Å²) < 4.78 is 0. The van der Waals surface area contributed by atoms with E-state index in [-0.39, 0.29) is 12.0 Å². The van der Waals surface area contributed by atoms with Crippen LogP contribution in [0.15, 0.2) is 35.2 Å². The minimum atomic E-state index is -0.301. The number of aliphatic hydroxyl groups is 1. The number of hydrogen-bond acceptors (Lipinski definition) is 2. The van der Waals surface area contributed by atoms with Crippen LogP contribution >= 0.6 is 11.8 Å².